The molecule has 0 aliphatic carbocycles. The smallest absolute Gasteiger partial charge is 0.206 e. The highest BCUT2D eigenvalue weighted by atomic mass is 32.2. The first-order chi connectivity index (χ1) is 8.41. The molecule has 3 heteroatoms. The van der Waals surface area contributed by atoms with Crippen LogP contribution in [0.5, 0.6) is 0 Å². The van der Waals surface area contributed by atoms with Crippen molar-refractivity contribution in [1.29, 1.82) is 0 Å². The summed E-state index contributed by atoms with van der Waals surface area (Å²) in [6.07, 6.45) is 0. The van der Waals surface area contributed by atoms with Crippen molar-refractivity contribution >= 4 is 9.84 Å². The first kappa shape index (κ1) is 15.4. The molecule has 0 aromatic heterocycles. The molecule has 0 radical (unpaired) electrons. The number of aryl methyl sites for hydroxylation is 3. The van der Waals surface area contributed by atoms with Crippen molar-refractivity contribution in [3.05, 3.63) is 59.2 Å². The molecule has 102 valence electrons. The lowest BCUT2D eigenvalue weighted by molar-refractivity contribution is 0.596. The molecule has 0 spiro atoms. The molecule has 0 N–H and O–H groups in total. The van der Waals surface area contributed by atoms with E-state index in [-0.39, 0.29) is 7.43 Å². The van der Waals surface area contributed by atoms with Crippen LogP contribution in [0.4, 0.5) is 0 Å². The molecular formula is C16H20O2S. The van der Waals surface area contributed by atoms with Crippen molar-refractivity contribution in [2.24, 2.45) is 0 Å². The van der Waals surface area contributed by atoms with Crippen molar-refractivity contribution in [3.8, 4) is 0 Å². The lowest BCUT2D eigenvalue weighted by atomic mass is 10.1. The number of hydrogen-bond donors (Lipinski definition) is 0. The first-order valence-electron chi connectivity index (χ1n) is 5.80. The van der Waals surface area contributed by atoms with Crippen LogP contribution >= 0.6 is 0 Å². The summed E-state index contributed by atoms with van der Waals surface area (Å²) in [5.41, 5.74) is 3.13. The molecule has 2 rings (SSSR count). The Morgan fingerprint density at radius 1 is 0.737 bits per heavy atom. The van der Waals surface area contributed by atoms with Gasteiger partial charge in [0.25, 0.3) is 0 Å². The second-order valence-corrected chi connectivity index (χ2v) is 6.51. The normalized spacial score (nSPS) is 10.9. The van der Waals surface area contributed by atoms with Crippen LogP contribution in [0.3, 0.4) is 0 Å². The zero-order valence-corrected chi connectivity index (χ0v) is 11.6. The van der Waals surface area contributed by atoms with E-state index in [1.807, 2.05) is 39.0 Å². The van der Waals surface area contributed by atoms with E-state index in [1.54, 1.807) is 24.3 Å². The average Bonchev–Trinajstić information content (AvgIpc) is 2.33. The second-order valence-electron chi connectivity index (χ2n) is 4.56. The fraction of sp³-hybridized carbons (Fsp3) is 0.250. The predicted molar refractivity (Wildman–Crippen MR) is 79.3 cm³/mol. The predicted octanol–water partition coefficient (Wildman–Crippen LogP) is 4.08. The van der Waals surface area contributed by atoms with E-state index in [4.69, 9.17) is 0 Å². The number of rotatable bonds is 2. The Kier molecular flexibility index (Phi) is 4.53. The van der Waals surface area contributed by atoms with Crippen molar-refractivity contribution < 1.29 is 8.42 Å². The molecule has 0 saturated carbocycles. The molecule has 0 saturated heterocycles. The summed E-state index contributed by atoms with van der Waals surface area (Å²) in [6.45, 7) is 5.83. The average molecular weight is 276 g/mol. The maximum atomic E-state index is 12.4. The summed E-state index contributed by atoms with van der Waals surface area (Å²) in [4.78, 5) is 0.700. The van der Waals surface area contributed by atoms with Gasteiger partial charge >= 0.3 is 0 Å². The number of sulfone groups is 1. The van der Waals surface area contributed by atoms with Crippen LogP contribution in [-0.4, -0.2) is 8.42 Å². The minimum Gasteiger partial charge on any atom is -0.219 e. The molecule has 19 heavy (non-hydrogen) atoms. The van der Waals surface area contributed by atoms with E-state index in [0.717, 1.165) is 16.7 Å². The van der Waals surface area contributed by atoms with E-state index < -0.39 is 9.84 Å². The molecule has 0 heterocycles. The third kappa shape index (κ3) is 3.04. The molecule has 0 atom stereocenters. The van der Waals surface area contributed by atoms with Gasteiger partial charge in [-0.15, -0.1) is 0 Å². The van der Waals surface area contributed by atoms with Crippen LogP contribution < -0.4 is 0 Å². The molecule has 2 nitrogen and oxygen atoms in total. The van der Waals surface area contributed by atoms with Gasteiger partial charge in [0.15, 0.2) is 0 Å². The van der Waals surface area contributed by atoms with Gasteiger partial charge in [-0.3, -0.25) is 0 Å². The molecule has 0 fully saturated rings. The Hall–Kier alpha value is -1.61. The van der Waals surface area contributed by atoms with Gasteiger partial charge in [0.05, 0.1) is 9.79 Å². The van der Waals surface area contributed by atoms with Crippen LogP contribution in [-0.2, 0) is 9.84 Å². The molecule has 0 aliphatic rings. The van der Waals surface area contributed by atoms with Crippen molar-refractivity contribution in [1.82, 2.24) is 0 Å². The van der Waals surface area contributed by atoms with Crippen LogP contribution in [0.1, 0.15) is 24.1 Å². The van der Waals surface area contributed by atoms with Crippen LogP contribution in [0.15, 0.2) is 52.3 Å². The highest BCUT2D eigenvalue weighted by Crippen LogP contribution is 2.23. The fourth-order valence-corrected chi connectivity index (χ4v) is 3.08. The molecule has 2 aromatic carbocycles. The molecule has 0 bridgehead atoms. The van der Waals surface area contributed by atoms with Crippen LogP contribution in [0.25, 0.3) is 0 Å². The topological polar surface area (TPSA) is 34.1 Å². The summed E-state index contributed by atoms with van der Waals surface area (Å²) in [5, 5.41) is 0. The molecule has 0 unspecified atom stereocenters. The molecule has 2 aromatic rings. The van der Waals surface area contributed by atoms with Crippen LogP contribution in [0.2, 0.25) is 0 Å². The SMILES string of the molecule is C.Cc1ccc(S(=O)(=O)c2ccc(C)c(C)c2)cc1. The van der Waals surface area contributed by atoms with Gasteiger partial charge in [-0.25, -0.2) is 8.42 Å². The third-order valence-electron chi connectivity index (χ3n) is 3.12. The van der Waals surface area contributed by atoms with Gasteiger partial charge in [-0.05, 0) is 56.2 Å². The molecule has 0 aliphatic heterocycles. The largest absolute Gasteiger partial charge is 0.219 e. The highest BCUT2D eigenvalue weighted by molar-refractivity contribution is 7.91. The van der Waals surface area contributed by atoms with Gasteiger partial charge in [-0.2, -0.15) is 0 Å². The van der Waals surface area contributed by atoms with Crippen molar-refractivity contribution in [2.75, 3.05) is 0 Å². The summed E-state index contributed by atoms with van der Waals surface area (Å²) in [7, 11) is -3.39. The van der Waals surface area contributed by atoms with E-state index in [9.17, 15) is 8.42 Å². The van der Waals surface area contributed by atoms with Gasteiger partial charge < -0.3 is 0 Å². The second kappa shape index (κ2) is 5.57. The summed E-state index contributed by atoms with van der Waals surface area (Å²) in [6, 6.07) is 12.2. The van der Waals surface area contributed by atoms with E-state index in [1.165, 1.54) is 0 Å². The molecule has 0 amide bonds. The Balaban J connectivity index is 0.00000180. The lowest BCUT2D eigenvalue weighted by Gasteiger charge is -2.07. The zero-order chi connectivity index (χ0) is 13.3. The van der Waals surface area contributed by atoms with Gasteiger partial charge in [0.1, 0.15) is 0 Å². The summed E-state index contributed by atoms with van der Waals surface area (Å²) >= 11 is 0. The van der Waals surface area contributed by atoms with Gasteiger partial charge in [0, 0.05) is 0 Å². The Labute approximate surface area is 116 Å². The Morgan fingerprint density at radius 3 is 1.79 bits per heavy atom. The fourth-order valence-electron chi connectivity index (χ4n) is 1.73. The quantitative estimate of drug-likeness (QED) is 0.828. The summed E-state index contributed by atoms with van der Waals surface area (Å²) in [5.74, 6) is 0. The van der Waals surface area contributed by atoms with Gasteiger partial charge in [-0.1, -0.05) is 31.2 Å². The highest BCUT2D eigenvalue weighted by Gasteiger charge is 2.17. The lowest BCUT2D eigenvalue weighted by Crippen LogP contribution is -2.02. The van der Waals surface area contributed by atoms with Crippen molar-refractivity contribution in [3.63, 3.8) is 0 Å². The zero-order valence-electron chi connectivity index (χ0n) is 10.8. The third-order valence-corrected chi connectivity index (χ3v) is 4.89. The summed E-state index contributed by atoms with van der Waals surface area (Å²) < 4.78 is 24.8. The van der Waals surface area contributed by atoms with Crippen molar-refractivity contribution in [2.45, 2.75) is 38.0 Å². The maximum absolute atomic E-state index is 12.4. The van der Waals surface area contributed by atoms with E-state index in [2.05, 4.69) is 0 Å². The number of benzene rings is 2. The minimum atomic E-state index is -3.39. The monoisotopic (exact) mass is 276 g/mol. The van der Waals surface area contributed by atoms with E-state index in [0.29, 0.717) is 9.79 Å². The van der Waals surface area contributed by atoms with Crippen LogP contribution in [0, 0.1) is 20.8 Å². The molecular weight excluding hydrogens is 256 g/mol. The van der Waals surface area contributed by atoms with E-state index >= 15 is 0 Å². The minimum absolute atomic E-state index is 0. The van der Waals surface area contributed by atoms with Gasteiger partial charge in [0.2, 0.25) is 9.84 Å². The maximum Gasteiger partial charge on any atom is 0.206 e. The Morgan fingerprint density at radius 2 is 1.26 bits per heavy atom. The number of hydrogen-bond acceptors (Lipinski definition) is 2. The Bertz CT molecular complexity index is 668. The first-order valence-corrected chi connectivity index (χ1v) is 7.28. The standard InChI is InChI=1S/C15H16O2S.CH4/c1-11-4-7-14(8-5-11)18(16,17)15-9-6-12(2)13(3)10-15;/h4-10H,1-3H3;1H4.